The molecule has 2 heterocycles. The highest BCUT2D eigenvalue weighted by molar-refractivity contribution is 6.43. The summed E-state index contributed by atoms with van der Waals surface area (Å²) in [6.07, 6.45) is 3.48. The Hall–Kier alpha value is -2.37. The monoisotopic (exact) mass is 359 g/mol. The average Bonchev–Trinajstić information content (AvgIpc) is 2.60. The topological polar surface area (TPSA) is 62.7 Å². The summed E-state index contributed by atoms with van der Waals surface area (Å²) in [5.74, 6) is 1.14. The smallest absolute Gasteiger partial charge is 0.225 e. The predicted octanol–water partition coefficient (Wildman–Crippen LogP) is 5.02. The third-order valence-corrected chi connectivity index (χ3v) is 4.05. The normalized spacial score (nSPS) is 10.5. The minimum Gasteiger partial charge on any atom is -0.354 e. The maximum atomic E-state index is 6.24. The second kappa shape index (κ2) is 7.47. The standard InChI is InChI=1S/C17H15Cl2N5/c1-2-21-17-23-14(11-5-4-8-20-10-11)9-15(24-17)22-13-7-3-6-12(18)16(13)19/h3-10H,2H2,1H3,(H2,21,22,23,24). The van der Waals surface area contributed by atoms with Gasteiger partial charge in [-0.25, -0.2) is 4.98 Å². The molecule has 0 fully saturated rings. The van der Waals surface area contributed by atoms with Gasteiger partial charge < -0.3 is 10.6 Å². The molecule has 7 heteroatoms. The van der Waals surface area contributed by atoms with Crippen LogP contribution in [0.15, 0.2) is 48.8 Å². The van der Waals surface area contributed by atoms with Gasteiger partial charge in [-0.2, -0.15) is 4.98 Å². The highest BCUT2D eigenvalue weighted by Crippen LogP contribution is 2.32. The Morgan fingerprint density at radius 1 is 1.08 bits per heavy atom. The van der Waals surface area contributed by atoms with E-state index in [0.29, 0.717) is 34.0 Å². The zero-order chi connectivity index (χ0) is 16.9. The molecular weight excluding hydrogens is 345 g/mol. The molecule has 0 bridgehead atoms. The Labute approximate surface area is 150 Å². The molecule has 0 aliphatic carbocycles. The van der Waals surface area contributed by atoms with E-state index in [9.17, 15) is 0 Å². The van der Waals surface area contributed by atoms with E-state index in [2.05, 4.69) is 25.6 Å². The molecule has 5 nitrogen and oxygen atoms in total. The molecule has 0 amide bonds. The van der Waals surface area contributed by atoms with E-state index in [1.54, 1.807) is 18.5 Å². The molecule has 0 aliphatic heterocycles. The minimum atomic E-state index is 0.450. The van der Waals surface area contributed by atoms with E-state index in [0.717, 1.165) is 11.3 Å². The van der Waals surface area contributed by atoms with Gasteiger partial charge in [0.15, 0.2) is 0 Å². The number of hydrogen-bond donors (Lipinski definition) is 2. The second-order valence-electron chi connectivity index (χ2n) is 4.96. The molecule has 24 heavy (non-hydrogen) atoms. The summed E-state index contributed by atoms with van der Waals surface area (Å²) in [6.45, 7) is 2.70. The van der Waals surface area contributed by atoms with E-state index in [-0.39, 0.29) is 0 Å². The zero-order valence-corrected chi connectivity index (χ0v) is 14.4. The van der Waals surface area contributed by atoms with E-state index in [1.807, 2.05) is 37.3 Å². The van der Waals surface area contributed by atoms with Crippen molar-refractivity contribution in [3.63, 3.8) is 0 Å². The van der Waals surface area contributed by atoms with Crippen LogP contribution in [-0.4, -0.2) is 21.5 Å². The van der Waals surface area contributed by atoms with Crippen LogP contribution in [0.3, 0.4) is 0 Å². The number of rotatable bonds is 5. The van der Waals surface area contributed by atoms with Crippen LogP contribution in [0.1, 0.15) is 6.92 Å². The van der Waals surface area contributed by atoms with Crippen molar-refractivity contribution in [3.8, 4) is 11.3 Å². The van der Waals surface area contributed by atoms with Crippen molar-refractivity contribution in [3.05, 3.63) is 58.8 Å². The minimum absolute atomic E-state index is 0.450. The van der Waals surface area contributed by atoms with Crippen molar-refractivity contribution in [1.29, 1.82) is 0 Å². The number of aromatic nitrogens is 3. The summed E-state index contributed by atoms with van der Waals surface area (Å²) in [6, 6.07) is 11.1. The van der Waals surface area contributed by atoms with Crippen LogP contribution in [-0.2, 0) is 0 Å². The molecule has 1 aromatic carbocycles. The summed E-state index contributed by atoms with van der Waals surface area (Å²) in [7, 11) is 0. The van der Waals surface area contributed by atoms with E-state index >= 15 is 0 Å². The lowest BCUT2D eigenvalue weighted by Crippen LogP contribution is -2.05. The molecule has 2 N–H and O–H groups in total. The molecule has 0 radical (unpaired) electrons. The fourth-order valence-corrected chi connectivity index (χ4v) is 2.50. The molecule has 0 spiro atoms. The zero-order valence-electron chi connectivity index (χ0n) is 12.9. The second-order valence-corrected chi connectivity index (χ2v) is 5.75. The van der Waals surface area contributed by atoms with E-state index in [4.69, 9.17) is 23.2 Å². The molecule has 0 aliphatic rings. The SMILES string of the molecule is CCNc1nc(Nc2cccc(Cl)c2Cl)cc(-c2cccnc2)n1. The third kappa shape index (κ3) is 3.75. The highest BCUT2D eigenvalue weighted by atomic mass is 35.5. The van der Waals surface area contributed by atoms with Crippen molar-refractivity contribution in [2.45, 2.75) is 6.92 Å². The lowest BCUT2D eigenvalue weighted by atomic mass is 10.2. The van der Waals surface area contributed by atoms with Crippen LogP contribution < -0.4 is 10.6 Å². The molecular formula is C17H15Cl2N5. The van der Waals surface area contributed by atoms with Crippen molar-refractivity contribution in [2.24, 2.45) is 0 Å². The van der Waals surface area contributed by atoms with Crippen molar-refractivity contribution < 1.29 is 0 Å². The number of pyridine rings is 1. The number of nitrogens with zero attached hydrogens (tertiary/aromatic N) is 3. The van der Waals surface area contributed by atoms with E-state index < -0.39 is 0 Å². The van der Waals surface area contributed by atoms with E-state index in [1.165, 1.54) is 0 Å². The quantitative estimate of drug-likeness (QED) is 0.669. The maximum absolute atomic E-state index is 6.24. The molecule has 3 rings (SSSR count). The summed E-state index contributed by atoms with van der Waals surface area (Å²) >= 11 is 12.3. The number of anilines is 3. The van der Waals surface area contributed by atoms with Gasteiger partial charge in [0, 0.05) is 30.6 Å². The third-order valence-electron chi connectivity index (χ3n) is 3.23. The molecule has 0 atom stereocenters. The highest BCUT2D eigenvalue weighted by Gasteiger charge is 2.09. The molecule has 0 saturated heterocycles. The van der Waals surface area contributed by atoms with Crippen LogP contribution in [0.2, 0.25) is 10.0 Å². The van der Waals surface area contributed by atoms with Gasteiger partial charge in [0.2, 0.25) is 5.95 Å². The Bertz CT molecular complexity index is 840. The first kappa shape index (κ1) is 16.5. The molecule has 2 aromatic heterocycles. The van der Waals surface area contributed by atoms with Crippen LogP contribution >= 0.6 is 23.2 Å². The molecule has 0 saturated carbocycles. The van der Waals surface area contributed by atoms with Crippen molar-refractivity contribution in [1.82, 2.24) is 15.0 Å². The molecule has 122 valence electrons. The molecule has 0 unspecified atom stereocenters. The Morgan fingerprint density at radius 2 is 1.96 bits per heavy atom. The van der Waals surface area contributed by atoms with Gasteiger partial charge in [0.1, 0.15) is 5.82 Å². The van der Waals surface area contributed by atoms with Crippen molar-refractivity contribution in [2.75, 3.05) is 17.2 Å². The Balaban J connectivity index is 2.00. The average molecular weight is 360 g/mol. The van der Waals surface area contributed by atoms with Gasteiger partial charge in [-0.3, -0.25) is 4.98 Å². The number of nitrogens with one attached hydrogen (secondary N) is 2. The fraction of sp³-hybridized carbons (Fsp3) is 0.118. The number of benzene rings is 1. The predicted molar refractivity (Wildman–Crippen MR) is 99.2 cm³/mol. The van der Waals surface area contributed by atoms with Gasteiger partial charge >= 0.3 is 0 Å². The van der Waals surface area contributed by atoms with Gasteiger partial charge in [-0.05, 0) is 31.2 Å². The van der Waals surface area contributed by atoms with Gasteiger partial charge in [-0.1, -0.05) is 29.3 Å². The first-order chi connectivity index (χ1) is 11.7. The van der Waals surface area contributed by atoms with Gasteiger partial charge in [0.05, 0.1) is 21.4 Å². The van der Waals surface area contributed by atoms with Crippen LogP contribution in [0, 0.1) is 0 Å². The lowest BCUT2D eigenvalue weighted by molar-refractivity contribution is 1.09. The van der Waals surface area contributed by atoms with Gasteiger partial charge in [0.25, 0.3) is 0 Å². The number of halogens is 2. The molecule has 3 aromatic rings. The summed E-state index contributed by atoms with van der Waals surface area (Å²) in [4.78, 5) is 13.1. The Kier molecular flexibility index (Phi) is 5.13. The number of hydrogen-bond acceptors (Lipinski definition) is 5. The summed E-state index contributed by atoms with van der Waals surface area (Å²) in [5, 5.41) is 7.25. The largest absolute Gasteiger partial charge is 0.354 e. The maximum Gasteiger partial charge on any atom is 0.225 e. The Morgan fingerprint density at radius 3 is 2.71 bits per heavy atom. The van der Waals surface area contributed by atoms with Crippen LogP contribution in [0.25, 0.3) is 11.3 Å². The fourth-order valence-electron chi connectivity index (χ4n) is 2.15. The van der Waals surface area contributed by atoms with Crippen LogP contribution in [0.5, 0.6) is 0 Å². The van der Waals surface area contributed by atoms with Gasteiger partial charge in [-0.15, -0.1) is 0 Å². The first-order valence-corrected chi connectivity index (χ1v) is 8.17. The van der Waals surface area contributed by atoms with Crippen molar-refractivity contribution >= 4 is 40.7 Å². The first-order valence-electron chi connectivity index (χ1n) is 7.41. The lowest BCUT2D eigenvalue weighted by Gasteiger charge is -2.12. The summed E-state index contributed by atoms with van der Waals surface area (Å²) in [5.41, 5.74) is 2.34. The van der Waals surface area contributed by atoms with Crippen LogP contribution in [0.4, 0.5) is 17.5 Å². The summed E-state index contributed by atoms with van der Waals surface area (Å²) < 4.78 is 0.